The van der Waals surface area contributed by atoms with Crippen molar-refractivity contribution in [1.29, 1.82) is 0 Å². The summed E-state index contributed by atoms with van der Waals surface area (Å²) < 4.78 is 5.40. The second-order valence-electron chi connectivity index (χ2n) is 12.7. The molecule has 2 N–H and O–H groups in total. The van der Waals surface area contributed by atoms with Gasteiger partial charge in [0.15, 0.2) is 0 Å². The summed E-state index contributed by atoms with van der Waals surface area (Å²) >= 11 is 0. The number of fused-ring (bicyclic) bond motifs is 2. The van der Waals surface area contributed by atoms with Crippen LogP contribution >= 0.6 is 0 Å². The standard InChI is InChI=1S/C33H44N4O5/c1-20(2)28(35-29(38)21(3)36(7)32(41)42-33(4,5)6)31(40)37-26-18-11-9-14-23(26)19-27(37)30(39)34-25-17-12-15-22-13-8-10-16-24(22)25/h8-11,13-14,16,18,20-21,25,27-28H,12,15,17,19H2,1-7H3,(H,34,39)(H,35,38). The number of likely N-dealkylation sites (N-methyl/N-ethyl adjacent to an activating group) is 1. The lowest BCUT2D eigenvalue weighted by atomic mass is 9.87. The maximum atomic E-state index is 14.2. The summed E-state index contributed by atoms with van der Waals surface area (Å²) in [6.45, 7) is 10.5. The van der Waals surface area contributed by atoms with Crippen molar-refractivity contribution in [2.75, 3.05) is 11.9 Å². The highest BCUT2D eigenvalue weighted by Gasteiger charge is 2.43. The molecular formula is C33H44N4O5. The van der Waals surface area contributed by atoms with Gasteiger partial charge in [-0.1, -0.05) is 56.3 Å². The fourth-order valence-corrected chi connectivity index (χ4v) is 5.65. The van der Waals surface area contributed by atoms with E-state index in [1.807, 2.05) is 50.2 Å². The van der Waals surface area contributed by atoms with Crippen molar-refractivity contribution in [2.45, 2.75) is 97.0 Å². The first-order valence-corrected chi connectivity index (χ1v) is 14.8. The Morgan fingerprint density at radius 1 is 0.976 bits per heavy atom. The molecule has 0 radical (unpaired) electrons. The molecule has 2 aliphatic rings. The third kappa shape index (κ3) is 6.77. The number of aryl methyl sites for hydroxylation is 1. The normalized spacial score (nSPS) is 19.3. The second-order valence-corrected chi connectivity index (χ2v) is 12.7. The van der Waals surface area contributed by atoms with E-state index in [2.05, 4.69) is 22.8 Å². The average molecular weight is 577 g/mol. The highest BCUT2D eigenvalue weighted by molar-refractivity contribution is 6.07. The molecule has 1 aliphatic heterocycles. The maximum absolute atomic E-state index is 14.2. The van der Waals surface area contributed by atoms with Gasteiger partial charge >= 0.3 is 6.09 Å². The Hall–Kier alpha value is -3.88. The van der Waals surface area contributed by atoms with Crippen molar-refractivity contribution >= 4 is 29.5 Å². The molecule has 4 amide bonds. The van der Waals surface area contributed by atoms with Gasteiger partial charge < -0.3 is 15.4 Å². The van der Waals surface area contributed by atoms with Crippen LogP contribution in [0.25, 0.3) is 0 Å². The van der Waals surface area contributed by atoms with Gasteiger partial charge in [-0.25, -0.2) is 4.79 Å². The van der Waals surface area contributed by atoms with E-state index in [-0.39, 0.29) is 23.8 Å². The van der Waals surface area contributed by atoms with E-state index in [9.17, 15) is 19.2 Å². The topological polar surface area (TPSA) is 108 Å². The fraction of sp³-hybridized carbons (Fsp3) is 0.515. The number of anilines is 1. The minimum Gasteiger partial charge on any atom is -0.444 e. The van der Waals surface area contributed by atoms with Crippen LogP contribution in [0.15, 0.2) is 48.5 Å². The lowest BCUT2D eigenvalue weighted by Crippen LogP contribution is -2.59. The largest absolute Gasteiger partial charge is 0.444 e. The number of benzene rings is 2. The number of amides is 4. The second kappa shape index (κ2) is 12.5. The quantitative estimate of drug-likeness (QED) is 0.504. The van der Waals surface area contributed by atoms with Gasteiger partial charge in [-0.2, -0.15) is 0 Å². The number of para-hydroxylation sites is 1. The molecule has 1 heterocycles. The third-order valence-corrected chi connectivity index (χ3v) is 8.07. The number of ether oxygens (including phenoxy) is 1. The SMILES string of the molecule is CC(C)C(NC(=O)C(C)N(C)C(=O)OC(C)(C)C)C(=O)N1c2ccccc2CC1C(=O)NC1CCCc2ccccc21. The van der Waals surface area contributed by atoms with Crippen LogP contribution in [0.3, 0.4) is 0 Å². The molecule has 0 aromatic heterocycles. The van der Waals surface area contributed by atoms with Crippen molar-refractivity contribution in [1.82, 2.24) is 15.5 Å². The fourth-order valence-electron chi connectivity index (χ4n) is 5.65. The molecule has 2 aromatic rings. The zero-order chi connectivity index (χ0) is 30.8. The van der Waals surface area contributed by atoms with Crippen LogP contribution in [0.5, 0.6) is 0 Å². The molecule has 9 heteroatoms. The molecule has 9 nitrogen and oxygen atoms in total. The van der Waals surface area contributed by atoms with Gasteiger partial charge in [-0.05, 0) is 75.6 Å². The van der Waals surface area contributed by atoms with Gasteiger partial charge in [-0.3, -0.25) is 24.2 Å². The van der Waals surface area contributed by atoms with E-state index >= 15 is 0 Å². The van der Waals surface area contributed by atoms with Gasteiger partial charge in [0.05, 0.1) is 6.04 Å². The summed E-state index contributed by atoms with van der Waals surface area (Å²) in [6.07, 6.45) is 2.56. The van der Waals surface area contributed by atoms with Crippen LogP contribution in [0.4, 0.5) is 10.5 Å². The minimum atomic E-state index is -0.913. The zero-order valence-electron chi connectivity index (χ0n) is 25.8. The smallest absolute Gasteiger partial charge is 0.410 e. The summed E-state index contributed by atoms with van der Waals surface area (Å²) in [7, 11) is 1.49. The molecule has 0 bridgehead atoms. The Kier molecular flexibility index (Phi) is 9.28. The van der Waals surface area contributed by atoms with Crippen molar-refractivity contribution in [3.8, 4) is 0 Å². The summed E-state index contributed by atoms with van der Waals surface area (Å²) in [5.74, 6) is -1.34. The number of nitrogens with zero attached hydrogens (tertiary/aromatic N) is 2. The van der Waals surface area contributed by atoms with Gasteiger partial charge in [0.1, 0.15) is 23.7 Å². The molecule has 4 rings (SSSR count). The van der Waals surface area contributed by atoms with Gasteiger partial charge in [0.2, 0.25) is 11.8 Å². The molecule has 226 valence electrons. The summed E-state index contributed by atoms with van der Waals surface area (Å²) in [4.78, 5) is 56.7. The summed E-state index contributed by atoms with van der Waals surface area (Å²) in [5, 5.41) is 6.10. The van der Waals surface area contributed by atoms with Crippen LogP contribution < -0.4 is 15.5 Å². The number of carbonyl (C=O) groups excluding carboxylic acids is 4. The van der Waals surface area contributed by atoms with Crippen molar-refractivity contribution < 1.29 is 23.9 Å². The molecular weight excluding hydrogens is 532 g/mol. The lowest BCUT2D eigenvalue weighted by molar-refractivity contribution is -0.132. The predicted octanol–water partition coefficient (Wildman–Crippen LogP) is 4.53. The molecule has 0 fully saturated rings. The number of hydrogen-bond donors (Lipinski definition) is 2. The maximum Gasteiger partial charge on any atom is 0.410 e. The first kappa shape index (κ1) is 31.1. The average Bonchev–Trinajstić information content (AvgIpc) is 3.33. The van der Waals surface area contributed by atoms with Gasteiger partial charge in [0.25, 0.3) is 5.91 Å². The molecule has 0 saturated carbocycles. The Labute approximate surface area is 249 Å². The van der Waals surface area contributed by atoms with Crippen LogP contribution in [-0.2, 0) is 32.0 Å². The lowest BCUT2D eigenvalue weighted by Gasteiger charge is -2.34. The summed E-state index contributed by atoms with van der Waals surface area (Å²) in [5.41, 5.74) is 3.23. The molecule has 0 spiro atoms. The third-order valence-electron chi connectivity index (χ3n) is 8.07. The van der Waals surface area contributed by atoms with Crippen LogP contribution in [0.1, 0.15) is 77.1 Å². The Morgan fingerprint density at radius 2 is 1.62 bits per heavy atom. The number of rotatable bonds is 7. The first-order valence-electron chi connectivity index (χ1n) is 14.8. The molecule has 42 heavy (non-hydrogen) atoms. The highest BCUT2D eigenvalue weighted by atomic mass is 16.6. The minimum absolute atomic E-state index is 0.118. The van der Waals surface area contributed by atoms with Crippen LogP contribution in [0.2, 0.25) is 0 Å². The van der Waals surface area contributed by atoms with E-state index in [0.29, 0.717) is 12.1 Å². The molecule has 1 aliphatic carbocycles. The zero-order valence-corrected chi connectivity index (χ0v) is 25.8. The van der Waals surface area contributed by atoms with Gasteiger partial charge in [0, 0.05) is 19.2 Å². The van der Waals surface area contributed by atoms with E-state index in [4.69, 9.17) is 4.74 Å². The van der Waals surface area contributed by atoms with Gasteiger partial charge in [-0.15, -0.1) is 0 Å². The van der Waals surface area contributed by atoms with E-state index in [0.717, 1.165) is 30.4 Å². The Bertz CT molecular complexity index is 1330. The molecule has 4 unspecified atom stereocenters. The van der Waals surface area contributed by atoms with Crippen LogP contribution in [-0.4, -0.2) is 59.5 Å². The van der Waals surface area contributed by atoms with E-state index in [1.54, 1.807) is 32.6 Å². The van der Waals surface area contributed by atoms with Crippen molar-refractivity contribution in [2.24, 2.45) is 5.92 Å². The number of carbonyl (C=O) groups is 4. The van der Waals surface area contributed by atoms with Crippen LogP contribution in [0, 0.1) is 5.92 Å². The molecule has 2 aromatic carbocycles. The monoisotopic (exact) mass is 576 g/mol. The number of nitrogens with one attached hydrogen (secondary N) is 2. The Morgan fingerprint density at radius 3 is 2.29 bits per heavy atom. The Balaban J connectivity index is 1.55. The molecule has 0 saturated heterocycles. The van der Waals surface area contributed by atoms with Crippen molar-refractivity contribution in [3.05, 3.63) is 65.2 Å². The first-order chi connectivity index (χ1) is 19.8. The summed E-state index contributed by atoms with van der Waals surface area (Å²) in [6, 6.07) is 13.0. The predicted molar refractivity (Wildman–Crippen MR) is 162 cm³/mol. The van der Waals surface area contributed by atoms with E-state index < -0.39 is 35.7 Å². The molecule has 4 atom stereocenters. The number of hydrogen-bond acceptors (Lipinski definition) is 5. The van der Waals surface area contributed by atoms with Crippen molar-refractivity contribution in [3.63, 3.8) is 0 Å². The van der Waals surface area contributed by atoms with E-state index in [1.165, 1.54) is 17.5 Å². The highest BCUT2D eigenvalue weighted by Crippen LogP contribution is 2.35.